The van der Waals surface area contributed by atoms with Crippen LogP contribution in [0.1, 0.15) is 28.4 Å². The van der Waals surface area contributed by atoms with Crippen molar-refractivity contribution in [3.8, 4) is 11.1 Å². The third-order valence-electron chi connectivity index (χ3n) is 5.93. The van der Waals surface area contributed by atoms with E-state index in [1.807, 2.05) is 36.4 Å². The van der Waals surface area contributed by atoms with Gasteiger partial charge in [-0.25, -0.2) is 13.2 Å². The molecule has 0 aliphatic heterocycles. The van der Waals surface area contributed by atoms with E-state index in [9.17, 15) is 13.2 Å². The van der Waals surface area contributed by atoms with Gasteiger partial charge in [-0.1, -0.05) is 72.3 Å². The van der Waals surface area contributed by atoms with Crippen LogP contribution in [0.3, 0.4) is 0 Å². The Morgan fingerprint density at radius 1 is 0.838 bits per heavy atom. The molecule has 0 heterocycles. The van der Waals surface area contributed by atoms with Gasteiger partial charge in [0.1, 0.15) is 0 Å². The minimum absolute atomic E-state index is 0.111. The quantitative estimate of drug-likeness (QED) is 0.190. The number of halogens is 1. The Morgan fingerprint density at radius 2 is 1.57 bits per heavy atom. The third-order valence-corrected chi connectivity index (χ3v) is 8.01. The van der Waals surface area contributed by atoms with E-state index in [1.165, 1.54) is 17.7 Å². The number of hydrogen-bond donors (Lipinski definition) is 1. The van der Waals surface area contributed by atoms with Gasteiger partial charge in [-0.15, -0.1) is 0 Å². The van der Waals surface area contributed by atoms with Crippen LogP contribution in [-0.2, 0) is 27.5 Å². The maximum atomic E-state index is 13.2. The van der Waals surface area contributed by atoms with Gasteiger partial charge < -0.3 is 10.1 Å². The third kappa shape index (κ3) is 6.66. The average molecular weight is 534 g/mol. The lowest BCUT2D eigenvalue weighted by atomic mass is 10.0. The fraction of sp³-hybridized carbons (Fsp3) is 0.167. The molecular formula is C30H28ClNO4S. The van der Waals surface area contributed by atoms with Crippen molar-refractivity contribution < 1.29 is 17.9 Å². The fourth-order valence-corrected chi connectivity index (χ4v) is 5.60. The Bertz CT molecular complexity index is 1470. The summed E-state index contributed by atoms with van der Waals surface area (Å²) in [5, 5.41) is 3.68. The van der Waals surface area contributed by atoms with E-state index in [0.717, 1.165) is 25.1 Å². The number of carbonyl (C=O) groups is 1. The molecule has 5 nitrogen and oxygen atoms in total. The lowest BCUT2D eigenvalue weighted by Crippen LogP contribution is -2.16. The van der Waals surface area contributed by atoms with Gasteiger partial charge in [0, 0.05) is 17.1 Å². The SMILES string of the molecule is CCOC(=O)c1cccc(-c2ccc(S(=O)(=O)c3ccc(CCNCc4ccccc4)cc3)cc2Cl)c1. The number of rotatable bonds is 10. The van der Waals surface area contributed by atoms with Crippen LogP contribution in [0.5, 0.6) is 0 Å². The minimum atomic E-state index is -3.74. The molecule has 4 aromatic carbocycles. The predicted octanol–water partition coefficient (Wildman–Crippen LogP) is 6.35. The van der Waals surface area contributed by atoms with Crippen LogP contribution >= 0.6 is 11.6 Å². The van der Waals surface area contributed by atoms with E-state index in [0.29, 0.717) is 16.7 Å². The lowest BCUT2D eigenvalue weighted by molar-refractivity contribution is 0.0526. The summed E-state index contributed by atoms with van der Waals surface area (Å²) in [6.45, 7) is 3.60. The average Bonchev–Trinajstić information content (AvgIpc) is 2.92. The summed E-state index contributed by atoms with van der Waals surface area (Å²) in [5.74, 6) is -0.421. The van der Waals surface area contributed by atoms with Crippen LogP contribution in [0.15, 0.2) is 107 Å². The van der Waals surface area contributed by atoms with E-state index in [1.54, 1.807) is 43.3 Å². The summed E-state index contributed by atoms with van der Waals surface area (Å²) in [5.41, 5.74) is 4.01. The zero-order chi connectivity index (χ0) is 26.3. The van der Waals surface area contributed by atoms with Crippen molar-refractivity contribution in [3.63, 3.8) is 0 Å². The number of sulfone groups is 1. The van der Waals surface area contributed by atoms with Crippen LogP contribution in [0.25, 0.3) is 11.1 Å². The highest BCUT2D eigenvalue weighted by Crippen LogP contribution is 2.32. The molecule has 7 heteroatoms. The molecule has 0 amide bonds. The summed E-state index contributed by atoms with van der Waals surface area (Å²) in [6.07, 6.45) is 0.790. The van der Waals surface area contributed by atoms with Gasteiger partial charge in [0.15, 0.2) is 0 Å². The molecule has 4 rings (SSSR count). The molecule has 0 bridgehead atoms. The Morgan fingerprint density at radius 3 is 2.27 bits per heavy atom. The molecule has 0 radical (unpaired) electrons. The van der Waals surface area contributed by atoms with E-state index < -0.39 is 15.8 Å². The molecule has 1 N–H and O–H groups in total. The van der Waals surface area contributed by atoms with Crippen LogP contribution in [0, 0.1) is 0 Å². The van der Waals surface area contributed by atoms with E-state index in [-0.39, 0.29) is 21.4 Å². The highest BCUT2D eigenvalue weighted by molar-refractivity contribution is 7.91. The molecule has 190 valence electrons. The van der Waals surface area contributed by atoms with Gasteiger partial charge in [0.25, 0.3) is 0 Å². The molecular weight excluding hydrogens is 506 g/mol. The number of esters is 1. The van der Waals surface area contributed by atoms with Crippen LogP contribution in [-0.4, -0.2) is 27.5 Å². The molecule has 0 unspecified atom stereocenters. The molecule has 0 atom stereocenters. The van der Waals surface area contributed by atoms with Gasteiger partial charge >= 0.3 is 5.97 Å². The first kappa shape index (κ1) is 26.6. The molecule has 4 aromatic rings. The molecule has 0 aliphatic rings. The van der Waals surface area contributed by atoms with Gasteiger partial charge in [0.2, 0.25) is 9.84 Å². The zero-order valence-corrected chi connectivity index (χ0v) is 22.1. The standard InChI is InChI=1S/C30H28ClNO4S/c1-2-36-30(33)25-10-6-9-24(19-25)28-16-15-27(20-29(28)31)37(34,35)26-13-11-22(12-14-26)17-18-32-21-23-7-4-3-5-8-23/h3-16,19-20,32H,2,17-18,21H2,1H3. The minimum Gasteiger partial charge on any atom is -0.462 e. The second-order valence-electron chi connectivity index (χ2n) is 8.50. The number of carbonyl (C=O) groups excluding carboxylic acids is 1. The second kappa shape index (κ2) is 12.2. The summed E-state index contributed by atoms with van der Waals surface area (Å²) in [6, 6.07) is 28.7. The summed E-state index contributed by atoms with van der Waals surface area (Å²) < 4.78 is 31.6. The predicted molar refractivity (Wildman–Crippen MR) is 147 cm³/mol. The molecule has 0 fully saturated rings. The maximum absolute atomic E-state index is 13.2. The van der Waals surface area contributed by atoms with Crippen molar-refractivity contribution in [2.75, 3.05) is 13.2 Å². The summed E-state index contributed by atoms with van der Waals surface area (Å²) >= 11 is 6.50. The maximum Gasteiger partial charge on any atom is 0.338 e. The Kier molecular flexibility index (Phi) is 8.77. The number of hydrogen-bond acceptors (Lipinski definition) is 5. The van der Waals surface area contributed by atoms with E-state index in [2.05, 4.69) is 17.4 Å². The molecule has 0 spiro atoms. The monoisotopic (exact) mass is 533 g/mol. The summed E-state index contributed by atoms with van der Waals surface area (Å²) in [4.78, 5) is 12.4. The van der Waals surface area contributed by atoms with Gasteiger partial charge in [-0.2, -0.15) is 0 Å². The summed E-state index contributed by atoms with van der Waals surface area (Å²) in [7, 11) is -3.74. The number of ether oxygens (including phenoxy) is 1. The Hall–Kier alpha value is -3.45. The molecule has 37 heavy (non-hydrogen) atoms. The first-order chi connectivity index (χ1) is 17.9. The van der Waals surface area contributed by atoms with Crippen LogP contribution < -0.4 is 5.32 Å². The second-order valence-corrected chi connectivity index (χ2v) is 10.9. The topological polar surface area (TPSA) is 72.5 Å². The largest absolute Gasteiger partial charge is 0.462 e. The molecule has 0 aromatic heterocycles. The Labute approximate surface area is 223 Å². The molecule has 0 aliphatic carbocycles. The zero-order valence-electron chi connectivity index (χ0n) is 20.5. The van der Waals surface area contributed by atoms with Crippen LogP contribution in [0.2, 0.25) is 5.02 Å². The van der Waals surface area contributed by atoms with Crippen molar-refractivity contribution in [1.29, 1.82) is 0 Å². The highest BCUT2D eigenvalue weighted by Gasteiger charge is 2.19. The van der Waals surface area contributed by atoms with E-state index >= 15 is 0 Å². The molecule has 0 saturated heterocycles. The number of benzene rings is 4. The van der Waals surface area contributed by atoms with Crippen molar-refractivity contribution >= 4 is 27.4 Å². The first-order valence-electron chi connectivity index (χ1n) is 12.0. The van der Waals surface area contributed by atoms with Gasteiger partial charge in [-0.05, 0) is 73.0 Å². The smallest absolute Gasteiger partial charge is 0.338 e. The Balaban J connectivity index is 1.44. The molecule has 0 saturated carbocycles. The lowest BCUT2D eigenvalue weighted by Gasteiger charge is -2.11. The highest BCUT2D eigenvalue weighted by atomic mass is 35.5. The number of nitrogens with one attached hydrogen (secondary N) is 1. The normalized spacial score (nSPS) is 11.3. The first-order valence-corrected chi connectivity index (χ1v) is 13.9. The van der Waals surface area contributed by atoms with Crippen LogP contribution in [0.4, 0.5) is 0 Å². The van der Waals surface area contributed by atoms with Gasteiger partial charge in [-0.3, -0.25) is 0 Å². The van der Waals surface area contributed by atoms with Crippen molar-refractivity contribution in [1.82, 2.24) is 5.32 Å². The van der Waals surface area contributed by atoms with Crippen molar-refractivity contribution in [3.05, 3.63) is 119 Å². The fourth-order valence-electron chi connectivity index (χ4n) is 3.96. The van der Waals surface area contributed by atoms with Crippen molar-refractivity contribution in [2.24, 2.45) is 0 Å². The van der Waals surface area contributed by atoms with Crippen molar-refractivity contribution in [2.45, 2.75) is 29.7 Å². The van der Waals surface area contributed by atoms with E-state index in [4.69, 9.17) is 16.3 Å². The van der Waals surface area contributed by atoms with Gasteiger partial charge in [0.05, 0.1) is 22.0 Å².